The first-order chi connectivity index (χ1) is 9.01. The van der Waals surface area contributed by atoms with Gasteiger partial charge in [-0.2, -0.15) is 0 Å². The van der Waals surface area contributed by atoms with Crippen LogP contribution in [0.25, 0.3) is 0 Å². The summed E-state index contributed by atoms with van der Waals surface area (Å²) in [4.78, 5) is 2.25. The minimum atomic E-state index is -0.534. The van der Waals surface area contributed by atoms with Crippen LogP contribution in [0.4, 0.5) is 8.78 Å². The maximum absolute atomic E-state index is 13.3. The normalized spacial score (nSPS) is 22.1. The van der Waals surface area contributed by atoms with E-state index in [0.29, 0.717) is 23.9 Å². The summed E-state index contributed by atoms with van der Waals surface area (Å²) in [7, 11) is 0. The highest BCUT2D eigenvalue weighted by molar-refractivity contribution is 5.22. The molecule has 1 aromatic carbocycles. The lowest BCUT2D eigenvalue weighted by Gasteiger charge is -2.27. The van der Waals surface area contributed by atoms with Crippen molar-refractivity contribution in [3.63, 3.8) is 0 Å². The molecule has 0 amide bonds. The topological polar surface area (TPSA) is 29.3 Å². The molecule has 0 radical (unpaired) electrons. The maximum atomic E-state index is 13.3. The van der Waals surface area contributed by atoms with Gasteiger partial charge in [-0.3, -0.25) is 4.90 Å². The van der Waals surface area contributed by atoms with Crippen molar-refractivity contribution in [3.05, 3.63) is 35.4 Å². The smallest absolute Gasteiger partial charge is 0.126 e. The van der Waals surface area contributed by atoms with Crippen LogP contribution in [0.3, 0.4) is 0 Å². The second-order valence-electron chi connectivity index (χ2n) is 5.74. The SMILES string of the molecule is CC(C)C1CCN(C(CN)c2cc(F)cc(F)c2)C1. The van der Waals surface area contributed by atoms with Crippen LogP contribution < -0.4 is 5.73 Å². The van der Waals surface area contributed by atoms with Crippen LogP contribution in [0, 0.1) is 23.5 Å². The van der Waals surface area contributed by atoms with Gasteiger partial charge in [0.1, 0.15) is 11.6 Å². The molecule has 2 nitrogen and oxygen atoms in total. The summed E-state index contributed by atoms with van der Waals surface area (Å²) < 4.78 is 26.6. The van der Waals surface area contributed by atoms with Crippen LogP contribution in [-0.4, -0.2) is 24.5 Å². The van der Waals surface area contributed by atoms with Gasteiger partial charge in [-0.1, -0.05) is 13.8 Å². The van der Waals surface area contributed by atoms with E-state index in [2.05, 4.69) is 18.7 Å². The van der Waals surface area contributed by atoms with Gasteiger partial charge in [0, 0.05) is 25.2 Å². The molecule has 2 N–H and O–H groups in total. The summed E-state index contributed by atoms with van der Waals surface area (Å²) >= 11 is 0. The summed E-state index contributed by atoms with van der Waals surface area (Å²) in [6.07, 6.45) is 1.13. The minimum absolute atomic E-state index is 0.0889. The van der Waals surface area contributed by atoms with Gasteiger partial charge in [-0.15, -0.1) is 0 Å². The summed E-state index contributed by atoms with van der Waals surface area (Å²) in [6, 6.07) is 3.60. The molecule has 106 valence electrons. The van der Waals surface area contributed by atoms with Crippen molar-refractivity contribution in [1.82, 2.24) is 4.90 Å². The molecule has 1 heterocycles. The van der Waals surface area contributed by atoms with Crippen LogP contribution >= 0.6 is 0 Å². The second-order valence-corrected chi connectivity index (χ2v) is 5.74. The van der Waals surface area contributed by atoms with E-state index < -0.39 is 11.6 Å². The zero-order valence-corrected chi connectivity index (χ0v) is 11.6. The average Bonchev–Trinajstić information content (AvgIpc) is 2.78. The first-order valence-electron chi connectivity index (χ1n) is 6.91. The molecule has 2 atom stereocenters. The third-order valence-electron chi connectivity index (χ3n) is 4.13. The number of likely N-dealkylation sites (tertiary alicyclic amines) is 1. The van der Waals surface area contributed by atoms with Gasteiger partial charge in [0.05, 0.1) is 0 Å². The lowest BCUT2D eigenvalue weighted by molar-refractivity contribution is 0.231. The van der Waals surface area contributed by atoms with Crippen molar-refractivity contribution in [3.8, 4) is 0 Å². The summed E-state index contributed by atoms with van der Waals surface area (Å²) in [5.41, 5.74) is 6.46. The number of hydrogen-bond donors (Lipinski definition) is 1. The predicted octanol–water partition coefficient (Wildman–Crippen LogP) is 2.94. The van der Waals surface area contributed by atoms with Gasteiger partial charge in [-0.25, -0.2) is 8.78 Å². The van der Waals surface area contributed by atoms with Crippen LogP contribution in [0.1, 0.15) is 31.9 Å². The molecule has 0 aliphatic carbocycles. The highest BCUT2D eigenvalue weighted by atomic mass is 19.1. The van der Waals surface area contributed by atoms with E-state index >= 15 is 0 Å². The van der Waals surface area contributed by atoms with Crippen molar-refractivity contribution in [2.24, 2.45) is 17.6 Å². The molecule has 2 rings (SSSR count). The van der Waals surface area contributed by atoms with E-state index in [1.54, 1.807) is 0 Å². The Kier molecular flexibility index (Phi) is 4.53. The fourth-order valence-electron chi connectivity index (χ4n) is 2.91. The first-order valence-corrected chi connectivity index (χ1v) is 6.91. The average molecular weight is 268 g/mol. The molecule has 0 bridgehead atoms. The molecule has 0 saturated carbocycles. The first kappa shape index (κ1) is 14.4. The molecular formula is C15H22F2N2. The quantitative estimate of drug-likeness (QED) is 0.909. The zero-order chi connectivity index (χ0) is 14.0. The number of hydrogen-bond acceptors (Lipinski definition) is 2. The van der Waals surface area contributed by atoms with Gasteiger partial charge in [0.2, 0.25) is 0 Å². The number of rotatable bonds is 4. The molecule has 1 aromatic rings. The largest absolute Gasteiger partial charge is 0.329 e. The molecule has 0 aromatic heterocycles. The van der Waals surface area contributed by atoms with Gasteiger partial charge in [0.15, 0.2) is 0 Å². The molecule has 0 spiro atoms. The molecular weight excluding hydrogens is 246 g/mol. The fraction of sp³-hybridized carbons (Fsp3) is 0.600. The molecule has 1 fully saturated rings. The van der Waals surface area contributed by atoms with Crippen molar-refractivity contribution in [2.45, 2.75) is 26.3 Å². The third kappa shape index (κ3) is 3.31. The second kappa shape index (κ2) is 5.97. The summed E-state index contributed by atoms with van der Waals surface area (Å²) in [6.45, 7) is 6.72. The Labute approximate surface area is 113 Å². The number of nitrogens with two attached hydrogens (primary N) is 1. The van der Waals surface area contributed by atoms with E-state index in [4.69, 9.17) is 5.73 Å². The molecule has 2 unspecified atom stereocenters. The highest BCUT2D eigenvalue weighted by Crippen LogP contribution is 2.31. The van der Waals surface area contributed by atoms with Gasteiger partial charge in [0.25, 0.3) is 0 Å². The lowest BCUT2D eigenvalue weighted by atomic mass is 9.95. The van der Waals surface area contributed by atoms with E-state index in [9.17, 15) is 8.78 Å². The fourth-order valence-corrected chi connectivity index (χ4v) is 2.91. The summed E-state index contributed by atoms with van der Waals surface area (Å²) in [5, 5.41) is 0. The Hall–Kier alpha value is -1.00. The molecule has 1 saturated heterocycles. The summed E-state index contributed by atoms with van der Waals surface area (Å²) in [5.74, 6) is 0.209. The van der Waals surface area contributed by atoms with Crippen LogP contribution in [0.15, 0.2) is 18.2 Å². The van der Waals surface area contributed by atoms with E-state index in [1.165, 1.54) is 12.1 Å². The number of benzene rings is 1. The number of halogens is 2. The molecule has 19 heavy (non-hydrogen) atoms. The monoisotopic (exact) mass is 268 g/mol. The van der Waals surface area contributed by atoms with E-state index in [0.717, 1.165) is 25.6 Å². The van der Waals surface area contributed by atoms with Gasteiger partial charge >= 0.3 is 0 Å². The lowest BCUT2D eigenvalue weighted by Crippen LogP contribution is -2.32. The Morgan fingerprint density at radius 1 is 1.26 bits per heavy atom. The number of nitrogens with zero attached hydrogens (tertiary/aromatic N) is 1. The highest BCUT2D eigenvalue weighted by Gasteiger charge is 2.30. The molecule has 4 heteroatoms. The Bertz CT molecular complexity index is 414. The Morgan fingerprint density at radius 3 is 2.37 bits per heavy atom. The van der Waals surface area contributed by atoms with Crippen LogP contribution in [-0.2, 0) is 0 Å². The zero-order valence-electron chi connectivity index (χ0n) is 11.6. The molecule has 1 aliphatic heterocycles. The Morgan fingerprint density at radius 2 is 1.89 bits per heavy atom. The maximum Gasteiger partial charge on any atom is 0.126 e. The minimum Gasteiger partial charge on any atom is -0.329 e. The van der Waals surface area contributed by atoms with Crippen molar-refractivity contribution in [1.29, 1.82) is 0 Å². The van der Waals surface area contributed by atoms with E-state index in [-0.39, 0.29) is 6.04 Å². The standard InChI is InChI=1S/C15H22F2N2/c1-10(2)11-3-4-19(9-11)15(8-18)12-5-13(16)7-14(17)6-12/h5-7,10-11,15H,3-4,8-9,18H2,1-2H3. The van der Waals surface area contributed by atoms with Gasteiger partial charge in [-0.05, 0) is 42.5 Å². The van der Waals surface area contributed by atoms with Crippen molar-refractivity contribution >= 4 is 0 Å². The van der Waals surface area contributed by atoms with Crippen LogP contribution in [0.5, 0.6) is 0 Å². The predicted molar refractivity (Wildman–Crippen MR) is 72.7 cm³/mol. The van der Waals surface area contributed by atoms with Crippen molar-refractivity contribution in [2.75, 3.05) is 19.6 Å². The van der Waals surface area contributed by atoms with Crippen molar-refractivity contribution < 1.29 is 8.78 Å². The Balaban J connectivity index is 2.16. The van der Waals surface area contributed by atoms with E-state index in [1.807, 2.05) is 0 Å². The molecule has 1 aliphatic rings. The van der Waals surface area contributed by atoms with Gasteiger partial charge < -0.3 is 5.73 Å². The van der Waals surface area contributed by atoms with Crippen LogP contribution in [0.2, 0.25) is 0 Å². The third-order valence-corrected chi connectivity index (χ3v) is 4.13.